The van der Waals surface area contributed by atoms with Gasteiger partial charge < -0.3 is 10.2 Å². The first kappa shape index (κ1) is 29.5. The van der Waals surface area contributed by atoms with Crippen LogP contribution in [0.15, 0.2) is 83.8 Å². The Morgan fingerprint density at radius 3 is 2.21 bits per heavy atom. The van der Waals surface area contributed by atoms with Crippen molar-refractivity contribution in [3.63, 3.8) is 0 Å². The first-order valence-electron chi connectivity index (χ1n) is 12.2. The summed E-state index contributed by atoms with van der Waals surface area (Å²) in [4.78, 5) is 28.3. The molecule has 0 aliphatic carbocycles. The van der Waals surface area contributed by atoms with Gasteiger partial charge in [-0.1, -0.05) is 72.6 Å². The molecule has 1 N–H and O–H groups in total. The lowest BCUT2D eigenvalue weighted by Gasteiger charge is -2.32. The highest BCUT2D eigenvalue weighted by Crippen LogP contribution is 2.27. The van der Waals surface area contributed by atoms with Crippen molar-refractivity contribution >= 4 is 50.7 Å². The minimum absolute atomic E-state index is 0.0162. The molecule has 2 atom stereocenters. The van der Waals surface area contributed by atoms with E-state index in [4.69, 9.17) is 23.2 Å². The van der Waals surface area contributed by atoms with Crippen LogP contribution in [0.1, 0.15) is 32.8 Å². The van der Waals surface area contributed by atoms with E-state index in [1.54, 1.807) is 67.6 Å². The number of anilines is 1. The molecule has 2 amide bonds. The van der Waals surface area contributed by atoms with Gasteiger partial charge in [-0.05, 0) is 62.2 Å². The average Bonchev–Trinajstić information content (AvgIpc) is 2.91. The van der Waals surface area contributed by atoms with Crippen LogP contribution in [0.4, 0.5) is 5.69 Å². The summed E-state index contributed by atoms with van der Waals surface area (Å²) in [5, 5.41) is 3.65. The van der Waals surface area contributed by atoms with E-state index in [-0.39, 0.29) is 29.1 Å². The van der Waals surface area contributed by atoms with Crippen LogP contribution < -0.4 is 9.62 Å². The number of rotatable bonds is 11. The molecule has 3 rings (SSSR count). The number of nitrogens with one attached hydrogen (secondary N) is 1. The first-order valence-corrected chi connectivity index (χ1v) is 14.4. The fourth-order valence-corrected chi connectivity index (χ4v) is 5.55. The van der Waals surface area contributed by atoms with Gasteiger partial charge in [-0.3, -0.25) is 13.9 Å². The summed E-state index contributed by atoms with van der Waals surface area (Å²) in [6, 6.07) is 20.1. The van der Waals surface area contributed by atoms with Crippen molar-refractivity contribution in [3.8, 4) is 0 Å². The van der Waals surface area contributed by atoms with E-state index < -0.39 is 28.5 Å². The van der Waals surface area contributed by atoms with Crippen LogP contribution >= 0.6 is 23.2 Å². The number of benzene rings is 3. The van der Waals surface area contributed by atoms with Gasteiger partial charge in [-0.2, -0.15) is 0 Å². The average molecular weight is 577 g/mol. The SMILES string of the molecule is CCC(C)NC(=O)C(C)N(Cc1ccccc1Cl)C(=O)CN(c1cccc(Cl)c1)S(=O)(=O)c1ccccc1. The minimum Gasteiger partial charge on any atom is -0.352 e. The second-order valence-electron chi connectivity index (χ2n) is 8.91. The van der Waals surface area contributed by atoms with Gasteiger partial charge in [0.1, 0.15) is 12.6 Å². The second kappa shape index (κ2) is 13.1. The second-order valence-corrected chi connectivity index (χ2v) is 11.6. The van der Waals surface area contributed by atoms with Crippen molar-refractivity contribution in [2.24, 2.45) is 0 Å². The molecule has 0 aliphatic rings. The summed E-state index contributed by atoms with van der Waals surface area (Å²) in [6.07, 6.45) is 0.717. The lowest BCUT2D eigenvalue weighted by Crippen LogP contribution is -2.52. The number of nitrogens with zero attached hydrogens (tertiary/aromatic N) is 2. The van der Waals surface area contributed by atoms with Crippen LogP contribution in [-0.2, 0) is 26.2 Å². The number of carbonyl (C=O) groups is 2. The molecule has 10 heteroatoms. The molecule has 0 fully saturated rings. The number of hydrogen-bond donors (Lipinski definition) is 1. The lowest BCUT2D eigenvalue weighted by atomic mass is 10.1. The molecule has 0 bridgehead atoms. The number of hydrogen-bond acceptors (Lipinski definition) is 4. The van der Waals surface area contributed by atoms with Crippen LogP contribution in [-0.4, -0.2) is 43.8 Å². The zero-order valence-electron chi connectivity index (χ0n) is 21.5. The molecule has 202 valence electrons. The van der Waals surface area contributed by atoms with E-state index in [0.29, 0.717) is 15.6 Å². The molecule has 7 nitrogen and oxygen atoms in total. The number of carbonyl (C=O) groups excluding carboxylic acids is 2. The Morgan fingerprint density at radius 1 is 0.921 bits per heavy atom. The smallest absolute Gasteiger partial charge is 0.264 e. The molecule has 0 saturated carbocycles. The highest BCUT2D eigenvalue weighted by molar-refractivity contribution is 7.92. The Kier molecular flexibility index (Phi) is 10.2. The predicted molar refractivity (Wildman–Crippen MR) is 152 cm³/mol. The zero-order chi connectivity index (χ0) is 27.9. The topological polar surface area (TPSA) is 86.8 Å². The van der Waals surface area contributed by atoms with E-state index in [0.717, 1.165) is 10.7 Å². The van der Waals surface area contributed by atoms with Gasteiger partial charge in [0.2, 0.25) is 11.8 Å². The van der Waals surface area contributed by atoms with Gasteiger partial charge in [-0.15, -0.1) is 0 Å². The molecule has 0 aromatic heterocycles. The van der Waals surface area contributed by atoms with Crippen molar-refractivity contribution in [1.82, 2.24) is 10.2 Å². The van der Waals surface area contributed by atoms with Gasteiger partial charge in [-0.25, -0.2) is 8.42 Å². The summed E-state index contributed by atoms with van der Waals surface area (Å²) in [5.41, 5.74) is 0.857. The fourth-order valence-electron chi connectivity index (χ4n) is 3.74. The van der Waals surface area contributed by atoms with Crippen molar-refractivity contribution in [1.29, 1.82) is 0 Å². The molecule has 2 unspecified atom stereocenters. The number of halogens is 2. The maximum absolute atomic E-state index is 13.9. The highest BCUT2D eigenvalue weighted by Gasteiger charge is 2.33. The minimum atomic E-state index is -4.15. The van der Waals surface area contributed by atoms with Crippen molar-refractivity contribution in [2.75, 3.05) is 10.8 Å². The summed E-state index contributed by atoms with van der Waals surface area (Å²) in [5.74, 6) is -0.920. The Balaban J connectivity index is 2.03. The molecular weight excluding hydrogens is 545 g/mol. The first-order chi connectivity index (χ1) is 18.0. The number of amides is 2. The third-order valence-electron chi connectivity index (χ3n) is 6.17. The standard InChI is InChI=1S/C28H31Cl2N3O4S/c1-4-20(2)31-28(35)21(3)32(18-22-11-8-9-16-26(22)30)27(34)19-33(24-13-10-12-23(29)17-24)38(36,37)25-14-6-5-7-15-25/h5-17,20-21H,4,18-19H2,1-3H3,(H,31,35). The monoisotopic (exact) mass is 575 g/mol. The molecule has 38 heavy (non-hydrogen) atoms. The van der Waals surface area contributed by atoms with E-state index >= 15 is 0 Å². The van der Waals surface area contributed by atoms with E-state index in [1.165, 1.54) is 23.1 Å². The maximum Gasteiger partial charge on any atom is 0.264 e. The summed E-state index contributed by atoms with van der Waals surface area (Å²) in [7, 11) is -4.15. The number of sulfonamides is 1. The van der Waals surface area contributed by atoms with Crippen LogP contribution in [0.2, 0.25) is 10.0 Å². The molecule has 0 aliphatic heterocycles. The molecule has 0 heterocycles. The van der Waals surface area contributed by atoms with Gasteiger partial charge in [0.15, 0.2) is 0 Å². The molecule has 3 aromatic rings. The zero-order valence-corrected chi connectivity index (χ0v) is 23.8. The molecule has 0 saturated heterocycles. The van der Waals surface area contributed by atoms with Crippen LogP contribution in [0.25, 0.3) is 0 Å². The Bertz CT molecular complexity index is 1370. The maximum atomic E-state index is 13.9. The third kappa shape index (κ3) is 7.28. The molecule has 0 spiro atoms. The molecule has 3 aromatic carbocycles. The normalized spacial score (nSPS) is 12.9. The van der Waals surface area contributed by atoms with Crippen molar-refractivity contribution in [2.45, 2.75) is 50.7 Å². The van der Waals surface area contributed by atoms with Crippen molar-refractivity contribution < 1.29 is 18.0 Å². The molecular formula is C28H31Cl2N3O4S. The quantitative estimate of drug-likeness (QED) is 0.326. The fraction of sp³-hybridized carbons (Fsp3) is 0.286. The third-order valence-corrected chi connectivity index (χ3v) is 8.57. The van der Waals surface area contributed by atoms with Gasteiger partial charge >= 0.3 is 0 Å². The highest BCUT2D eigenvalue weighted by atomic mass is 35.5. The van der Waals surface area contributed by atoms with Gasteiger partial charge in [0, 0.05) is 22.6 Å². The van der Waals surface area contributed by atoms with E-state index in [2.05, 4.69) is 5.32 Å². The van der Waals surface area contributed by atoms with Crippen LogP contribution in [0.3, 0.4) is 0 Å². The molecule has 0 radical (unpaired) electrons. The Hall–Kier alpha value is -3.07. The van der Waals surface area contributed by atoms with E-state index in [9.17, 15) is 18.0 Å². The Morgan fingerprint density at radius 2 is 1.58 bits per heavy atom. The van der Waals surface area contributed by atoms with Crippen LogP contribution in [0.5, 0.6) is 0 Å². The Labute approximate surface area is 234 Å². The summed E-state index contributed by atoms with van der Waals surface area (Å²) >= 11 is 12.6. The van der Waals surface area contributed by atoms with Gasteiger partial charge in [0.05, 0.1) is 10.6 Å². The largest absolute Gasteiger partial charge is 0.352 e. The van der Waals surface area contributed by atoms with E-state index in [1.807, 2.05) is 13.8 Å². The predicted octanol–water partition coefficient (Wildman–Crippen LogP) is 5.52. The van der Waals surface area contributed by atoms with Crippen LogP contribution in [0, 0.1) is 0 Å². The summed E-state index contributed by atoms with van der Waals surface area (Å²) in [6.45, 7) is 4.89. The van der Waals surface area contributed by atoms with Crippen molar-refractivity contribution in [3.05, 3.63) is 94.5 Å². The lowest BCUT2D eigenvalue weighted by molar-refractivity contribution is -0.139. The summed E-state index contributed by atoms with van der Waals surface area (Å²) < 4.78 is 28.4. The van der Waals surface area contributed by atoms with Gasteiger partial charge in [0.25, 0.3) is 10.0 Å².